The number of likely N-dealkylation sites (tertiary alicyclic amines) is 2. The zero-order valence-electron chi connectivity index (χ0n) is 17.7. The van der Waals surface area contributed by atoms with E-state index in [2.05, 4.69) is 15.2 Å². The van der Waals surface area contributed by atoms with E-state index in [0.717, 1.165) is 63.3 Å². The van der Waals surface area contributed by atoms with Crippen LogP contribution in [0.25, 0.3) is 0 Å². The van der Waals surface area contributed by atoms with Crippen LogP contribution in [-0.2, 0) is 18.4 Å². The van der Waals surface area contributed by atoms with Crippen molar-refractivity contribution in [3.05, 3.63) is 54.1 Å². The standard InChI is InChI=1S/C23H31N5O2/c1-26-12-5-8-21(26)23(30)27-14-9-20(10-15-27)28-13-4-6-18(17-28)22(29)25-16-19-7-2-3-11-24-19/h2-3,5,7-8,11-12,18,20H,4,6,9-10,13-17H2,1H3,(H,25,29). The second-order valence-electron chi connectivity index (χ2n) is 8.40. The first-order valence-corrected chi connectivity index (χ1v) is 10.9. The topological polar surface area (TPSA) is 70.5 Å². The minimum Gasteiger partial charge on any atom is -0.350 e. The number of aromatic nitrogens is 2. The summed E-state index contributed by atoms with van der Waals surface area (Å²) in [5, 5.41) is 3.05. The van der Waals surface area contributed by atoms with Gasteiger partial charge in [-0.15, -0.1) is 0 Å². The molecule has 1 unspecified atom stereocenters. The zero-order chi connectivity index (χ0) is 20.9. The van der Waals surface area contributed by atoms with Crippen LogP contribution in [0.4, 0.5) is 0 Å². The molecule has 0 radical (unpaired) electrons. The maximum atomic E-state index is 12.7. The van der Waals surface area contributed by atoms with E-state index < -0.39 is 0 Å². The number of hydrogen-bond donors (Lipinski definition) is 1. The fourth-order valence-corrected chi connectivity index (χ4v) is 4.66. The zero-order valence-corrected chi connectivity index (χ0v) is 17.7. The average Bonchev–Trinajstić information content (AvgIpc) is 3.23. The van der Waals surface area contributed by atoms with Gasteiger partial charge in [-0.3, -0.25) is 19.5 Å². The maximum absolute atomic E-state index is 12.7. The molecule has 0 aliphatic carbocycles. The number of nitrogens with one attached hydrogen (secondary N) is 1. The Bertz CT molecular complexity index is 857. The summed E-state index contributed by atoms with van der Waals surface area (Å²) < 4.78 is 1.88. The second-order valence-corrected chi connectivity index (χ2v) is 8.40. The van der Waals surface area contributed by atoms with Gasteiger partial charge in [0.2, 0.25) is 5.91 Å². The molecule has 4 rings (SSSR count). The van der Waals surface area contributed by atoms with E-state index in [1.54, 1.807) is 6.20 Å². The van der Waals surface area contributed by atoms with Gasteiger partial charge in [0.15, 0.2) is 0 Å². The number of pyridine rings is 1. The highest BCUT2D eigenvalue weighted by atomic mass is 16.2. The quantitative estimate of drug-likeness (QED) is 0.821. The Kier molecular flexibility index (Phi) is 6.47. The Morgan fingerprint density at radius 2 is 1.93 bits per heavy atom. The summed E-state index contributed by atoms with van der Waals surface area (Å²) >= 11 is 0. The lowest BCUT2D eigenvalue weighted by Crippen LogP contribution is -2.51. The highest BCUT2D eigenvalue weighted by Gasteiger charge is 2.33. The molecule has 7 nitrogen and oxygen atoms in total. The van der Waals surface area contributed by atoms with Crippen LogP contribution >= 0.6 is 0 Å². The summed E-state index contributed by atoms with van der Waals surface area (Å²) in [5.41, 5.74) is 1.63. The van der Waals surface area contributed by atoms with Crippen molar-refractivity contribution in [2.75, 3.05) is 26.2 Å². The van der Waals surface area contributed by atoms with Gasteiger partial charge in [-0.25, -0.2) is 0 Å². The van der Waals surface area contributed by atoms with Gasteiger partial charge >= 0.3 is 0 Å². The second kappa shape index (κ2) is 9.43. The molecule has 0 aromatic carbocycles. The number of amides is 2. The first-order valence-electron chi connectivity index (χ1n) is 10.9. The normalized spacial score (nSPS) is 20.8. The summed E-state index contributed by atoms with van der Waals surface area (Å²) in [7, 11) is 1.91. The van der Waals surface area contributed by atoms with Crippen molar-refractivity contribution in [3.63, 3.8) is 0 Å². The molecule has 0 spiro atoms. The Balaban J connectivity index is 1.26. The van der Waals surface area contributed by atoms with Crippen LogP contribution in [0.2, 0.25) is 0 Å². The number of hydrogen-bond acceptors (Lipinski definition) is 4. The Morgan fingerprint density at radius 3 is 2.63 bits per heavy atom. The van der Waals surface area contributed by atoms with Gasteiger partial charge < -0.3 is 14.8 Å². The predicted molar refractivity (Wildman–Crippen MR) is 115 cm³/mol. The van der Waals surface area contributed by atoms with Crippen molar-refractivity contribution in [3.8, 4) is 0 Å². The molecular weight excluding hydrogens is 378 g/mol. The van der Waals surface area contributed by atoms with Crippen molar-refractivity contribution in [1.29, 1.82) is 0 Å². The highest BCUT2D eigenvalue weighted by Crippen LogP contribution is 2.25. The molecule has 7 heteroatoms. The first-order chi connectivity index (χ1) is 14.6. The number of piperidine rings is 2. The minimum atomic E-state index is 0.0329. The Hall–Kier alpha value is -2.67. The molecule has 1 atom stereocenters. The maximum Gasteiger partial charge on any atom is 0.270 e. The molecule has 30 heavy (non-hydrogen) atoms. The van der Waals surface area contributed by atoms with E-state index in [-0.39, 0.29) is 17.7 Å². The van der Waals surface area contributed by atoms with Crippen LogP contribution in [0.3, 0.4) is 0 Å². The van der Waals surface area contributed by atoms with Gasteiger partial charge in [-0.05, 0) is 56.5 Å². The molecule has 2 aliphatic rings. The van der Waals surface area contributed by atoms with Crippen LogP contribution in [0.15, 0.2) is 42.7 Å². The molecule has 1 N–H and O–H groups in total. The lowest BCUT2D eigenvalue weighted by atomic mass is 9.93. The van der Waals surface area contributed by atoms with Crippen LogP contribution in [0, 0.1) is 5.92 Å². The third-order valence-electron chi connectivity index (χ3n) is 6.42. The fourth-order valence-electron chi connectivity index (χ4n) is 4.66. The Labute approximate surface area is 178 Å². The van der Waals surface area contributed by atoms with Crippen LogP contribution < -0.4 is 5.32 Å². The van der Waals surface area contributed by atoms with Gasteiger partial charge in [0.05, 0.1) is 18.2 Å². The third kappa shape index (κ3) is 4.73. The SMILES string of the molecule is Cn1cccc1C(=O)N1CCC(N2CCCC(C(=O)NCc3ccccn3)C2)CC1. The summed E-state index contributed by atoms with van der Waals surface area (Å²) in [6.45, 7) is 3.89. The van der Waals surface area contributed by atoms with Crippen molar-refractivity contribution in [1.82, 2.24) is 24.7 Å². The fraction of sp³-hybridized carbons (Fsp3) is 0.522. The van der Waals surface area contributed by atoms with Crippen molar-refractivity contribution >= 4 is 11.8 Å². The van der Waals surface area contributed by atoms with Gasteiger partial charge in [0.1, 0.15) is 5.69 Å². The lowest BCUT2D eigenvalue weighted by Gasteiger charge is -2.42. The highest BCUT2D eigenvalue weighted by molar-refractivity contribution is 5.92. The number of nitrogens with zero attached hydrogens (tertiary/aromatic N) is 4. The number of rotatable bonds is 5. The lowest BCUT2D eigenvalue weighted by molar-refractivity contribution is -0.127. The van der Waals surface area contributed by atoms with E-state index in [0.29, 0.717) is 12.6 Å². The smallest absolute Gasteiger partial charge is 0.270 e. The van der Waals surface area contributed by atoms with Gasteiger partial charge in [-0.2, -0.15) is 0 Å². The van der Waals surface area contributed by atoms with Gasteiger partial charge in [0, 0.05) is 45.1 Å². The molecule has 160 valence electrons. The summed E-state index contributed by atoms with van der Waals surface area (Å²) in [6.07, 6.45) is 7.59. The summed E-state index contributed by atoms with van der Waals surface area (Å²) in [6, 6.07) is 9.99. The molecule has 2 aromatic rings. The van der Waals surface area contributed by atoms with E-state index in [1.165, 1.54) is 0 Å². The van der Waals surface area contributed by atoms with E-state index in [1.807, 2.05) is 53.0 Å². The molecule has 0 saturated carbocycles. The number of aryl methyl sites for hydroxylation is 1. The first kappa shape index (κ1) is 20.6. The molecule has 2 aliphatic heterocycles. The van der Waals surface area contributed by atoms with Crippen molar-refractivity contribution in [2.45, 2.75) is 38.3 Å². The van der Waals surface area contributed by atoms with Crippen LogP contribution in [-0.4, -0.2) is 63.4 Å². The molecule has 2 saturated heterocycles. The van der Waals surface area contributed by atoms with Crippen molar-refractivity contribution < 1.29 is 9.59 Å². The van der Waals surface area contributed by atoms with E-state index >= 15 is 0 Å². The molecular formula is C23H31N5O2. The predicted octanol–water partition coefficient (Wildman–Crippen LogP) is 2.05. The minimum absolute atomic E-state index is 0.0329. The van der Waals surface area contributed by atoms with Gasteiger partial charge in [0.25, 0.3) is 5.91 Å². The van der Waals surface area contributed by atoms with E-state index in [4.69, 9.17) is 0 Å². The van der Waals surface area contributed by atoms with E-state index in [9.17, 15) is 9.59 Å². The monoisotopic (exact) mass is 409 g/mol. The average molecular weight is 410 g/mol. The van der Waals surface area contributed by atoms with Crippen LogP contribution in [0.1, 0.15) is 41.9 Å². The number of carbonyl (C=O) groups excluding carboxylic acids is 2. The van der Waals surface area contributed by atoms with Gasteiger partial charge in [-0.1, -0.05) is 6.07 Å². The molecule has 2 aromatic heterocycles. The third-order valence-corrected chi connectivity index (χ3v) is 6.42. The summed E-state index contributed by atoms with van der Waals surface area (Å²) in [4.78, 5) is 34.1. The molecule has 0 bridgehead atoms. The molecule has 2 fully saturated rings. The molecule has 4 heterocycles. The Morgan fingerprint density at radius 1 is 1.10 bits per heavy atom. The number of carbonyl (C=O) groups is 2. The van der Waals surface area contributed by atoms with Crippen molar-refractivity contribution in [2.24, 2.45) is 13.0 Å². The largest absolute Gasteiger partial charge is 0.350 e. The van der Waals surface area contributed by atoms with Crippen LogP contribution in [0.5, 0.6) is 0 Å². The molecule has 2 amide bonds. The summed E-state index contributed by atoms with van der Waals surface area (Å²) in [5.74, 6) is 0.276.